The molecule has 228 valence electrons. The number of halogens is 2. The molecule has 0 spiro atoms. The van der Waals surface area contributed by atoms with Crippen molar-refractivity contribution < 1.29 is 47.6 Å². The van der Waals surface area contributed by atoms with Gasteiger partial charge >= 0.3 is 23.9 Å². The maximum absolute atomic E-state index is 12.0. The van der Waals surface area contributed by atoms with E-state index in [0.29, 0.717) is 25.0 Å². The molecule has 0 amide bonds. The highest BCUT2D eigenvalue weighted by Crippen LogP contribution is 2.25. The van der Waals surface area contributed by atoms with Crippen LogP contribution in [0.15, 0.2) is 0 Å². The average molecular weight is 604 g/mol. The van der Waals surface area contributed by atoms with Gasteiger partial charge in [-0.05, 0) is 26.4 Å². The fourth-order valence-electron chi connectivity index (χ4n) is 3.68. The monoisotopic (exact) mass is 602 g/mol. The Hall–Kier alpha value is -1.70. The highest BCUT2D eigenvalue weighted by atomic mass is 35.5. The zero-order valence-corrected chi connectivity index (χ0v) is 25.5. The number of carbonyl (C=O) groups is 4. The van der Waals surface area contributed by atoms with Gasteiger partial charge in [-0.3, -0.25) is 24.1 Å². The minimum absolute atomic E-state index is 0.143. The Morgan fingerprint density at radius 3 is 1.74 bits per heavy atom. The standard InChI is InChI=1S/C25H44Cl2N2O10/c1-17(14-36-18(2)30)22(37-19(3)31)23(38-20(4)32)24(39-21(5)33)25(34-7)35-13-9-11-28(6)10-8-12-29(15-26)16-27/h17,22-25H,8-16H2,1-7H3. The van der Waals surface area contributed by atoms with Gasteiger partial charge in [0.05, 0.1) is 25.2 Å². The minimum Gasteiger partial charge on any atom is -0.465 e. The smallest absolute Gasteiger partial charge is 0.303 e. The van der Waals surface area contributed by atoms with Crippen LogP contribution in [0.1, 0.15) is 47.5 Å². The zero-order chi connectivity index (χ0) is 30.0. The van der Waals surface area contributed by atoms with Crippen molar-refractivity contribution in [1.82, 2.24) is 9.80 Å². The summed E-state index contributed by atoms with van der Waals surface area (Å²) in [5, 5.41) is 0. The van der Waals surface area contributed by atoms with Crippen LogP contribution in [0, 0.1) is 5.92 Å². The van der Waals surface area contributed by atoms with Crippen LogP contribution < -0.4 is 0 Å². The molecule has 0 N–H and O–H groups in total. The van der Waals surface area contributed by atoms with Crippen LogP contribution in [0.4, 0.5) is 0 Å². The molecule has 0 aliphatic heterocycles. The second-order valence-corrected chi connectivity index (χ2v) is 9.60. The fraction of sp³-hybridized carbons (Fsp3) is 0.840. The van der Waals surface area contributed by atoms with Crippen LogP contribution in [-0.4, -0.2) is 117 Å². The number of esters is 4. The molecule has 0 saturated carbocycles. The number of nitrogens with zero attached hydrogens (tertiary/aromatic N) is 2. The summed E-state index contributed by atoms with van der Waals surface area (Å²) >= 11 is 11.6. The summed E-state index contributed by atoms with van der Waals surface area (Å²) in [4.78, 5) is 51.4. The topological polar surface area (TPSA) is 130 Å². The number of hydrogen-bond donors (Lipinski definition) is 0. The van der Waals surface area contributed by atoms with E-state index in [1.165, 1.54) is 27.9 Å². The number of hydrogen-bond acceptors (Lipinski definition) is 12. The molecule has 0 saturated heterocycles. The molecule has 12 nitrogen and oxygen atoms in total. The van der Waals surface area contributed by atoms with E-state index in [4.69, 9.17) is 51.6 Å². The van der Waals surface area contributed by atoms with Crippen molar-refractivity contribution in [3.8, 4) is 0 Å². The second kappa shape index (κ2) is 21.1. The first-order valence-electron chi connectivity index (χ1n) is 12.7. The predicted octanol–water partition coefficient (Wildman–Crippen LogP) is 2.38. The van der Waals surface area contributed by atoms with Gasteiger partial charge in [-0.1, -0.05) is 6.92 Å². The van der Waals surface area contributed by atoms with Crippen LogP contribution in [-0.2, 0) is 47.6 Å². The first-order valence-corrected chi connectivity index (χ1v) is 13.7. The van der Waals surface area contributed by atoms with Crippen LogP contribution >= 0.6 is 23.2 Å². The molecule has 5 unspecified atom stereocenters. The third-order valence-electron chi connectivity index (χ3n) is 5.48. The number of ether oxygens (including phenoxy) is 6. The number of carbonyl (C=O) groups excluding carboxylic acids is 4. The molecule has 0 heterocycles. The van der Waals surface area contributed by atoms with Crippen molar-refractivity contribution in [3.63, 3.8) is 0 Å². The van der Waals surface area contributed by atoms with E-state index in [0.717, 1.165) is 26.4 Å². The lowest BCUT2D eigenvalue weighted by Gasteiger charge is -2.37. The SMILES string of the molecule is COC(OCCCN(C)CCCN(CCl)CCl)C(OC(C)=O)C(OC(C)=O)C(OC(C)=O)C(C)COC(C)=O. The Bertz CT molecular complexity index is 742. The Morgan fingerprint density at radius 2 is 1.26 bits per heavy atom. The third kappa shape index (κ3) is 16.9. The molecule has 0 bridgehead atoms. The predicted molar refractivity (Wildman–Crippen MR) is 144 cm³/mol. The summed E-state index contributed by atoms with van der Waals surface area (Å²) < 4.78 is 32.8. The molecule has 39 heavy (non-hydrogen) atoms. The molecule has 0 aliphatic carbocycles. The lowest BCUT2D eigenvalue weighted by atomic mass is 9.95. The quantitative estimate of drug-likeness (QED) is 0.0477. The first kappa shape index (κ1) is 37.3. The second-order valence-electron chi connectivity index (χ2n) is 9.12. The average Bonchev–Trinajstić information content (AvgIpc) is 2.85. The lowest BCUT2D eigenvalue weighted by Crippen LogP contribution is -2.54. The minimum atomic E-state index is -1.32. The maximum atomic E-state index is 12.0. The first-order chi connectivity index (χ1) is 18.4. The normalized spacial score (nSPS) is 15.3. The molecule has 5 atom stereocenters. The lowest BCUT2D eigenvalue weighted by molar-refractivity contribution is -0.240. The van der Waals surface area contributed by atoms with Crippen LogP contribution in [0.3, 0.4) is 0 Å². The molecule has 0 fully saturated rings. The van der Waals surface area contributed by atoms with E-state index in [2.05, 4.69) is 4.90 Å². The van der Waals surface area contributed by atoms with Crippen molar-refractivity contribution in [3.05, 3.63) is 0 Å². The molecule has 0 aromatic rings. The summed E-state index contributed by atoms with van der Waals surface area (Å²) in [6, 6.07) is 0.746. The maximum Gasteiger partial charge on any atom is 0.303 e. The van der Waals surface area contributed by atoms with Crippen molar-refractivity contribution in [2.45, 2.75) is 72.1 Å². The Balaban J connectivity index is 5.54. The number of rotatable bonds is 21. The summed E-state index contributed by atoms with van der Waals surface area (Å²) in [6.07, 6.45) is -3.42. The highest BCUT2D eigenvalue weighted by Gasteiger charge is 2.45. The van der Waals surface area contributed by atoms with Crippen LogP contribution in [0.2, 0.25) is 0 Å². The summed E-state index contributed by atoms with van der Waals surface area (Å²) in [6.45, 7) is 8.79. The van der Waals surface area contributed by atoms with Gasteiger partial charge in [0.15, 0.2) is 18.5 Å². The Kier molecular flexibility index (Phi) is 20.2. The molecule has 0 aromatic carbocycles. The van der Waals surface area contributed by atoms with Gasteiger partial charge < -0.3 is 33.3 Å². The van der Waals surface area contributed by atoms with Gasteiger partial charge in [0.1, 0.15) is 6.10 Å². The van der Waals surface area contributed by atoms with Gasteiger partial charge in [0.2, 0.25) is 0 Å². The van der Waals surface area contributed by atoms with E-state index in [1.54, 1.807) is 6.92 Å². The van der Waals surface area contributed by atoms with Gasteiger partial charge in [0.25, 0.3) is 0 Å². The van der Waals surface area contributed by atoms with E-state index < -0.39 is 54.4 Å². The van der Waals surface area contributed by atoms with Crippen molar-refractivity contribution in [1.29, 1.82) is 0 Å². The van der Waals surface area contributed by atoms with E-state index >= 15 is 0 Å². The fourth-order valence-corrected chi connectivity index (χ4v) is 4.18. The van der Waals surface area contributed by atoms with Crippen LogP contribution in [0.25, 0.3) is 0 Å². The van der Waals surface area contributed by atoms with E-state index in [9.17, 15) is 19.2 Å². The third-order valence-corrected chi connectivity index (χ3v) is 6.16. The molecule has 0 aromatic heterocycles. The number of alkyl halides is 2. The highest BCUT2D eigenvalue weighted by molar-refractivity contribution is 6.19. The molecule has 14 heteroatoms. The van der Waals surface area contributed by atoms with E-state index in [1.807, 2.05) is 11.9 Å². The van der Waals surface area contributed by atoms with Crippen LogP contribution in [0.5, 0.6) is 0 Å². The Morgan fingerprint density at radius 1 is 0.744 bits per heavy atom. The van der Waals surface area contributed by atoms with Gasteiger partial charge in [-0.2, -0.15) is 0 Å². The summed E-state index contributed by atoms with van der Waals surface area (Å²) in [7, 11) is 3.33. The molecular weight excluding hydrogens is 559 g/mol. The molecule has 0 radical (unpaired) electrons. The largest absolute Gasteiger partial charge is 0.465 e. The molecule has 0 rings (SSSR count). The van der Waals surface area contributed by atoms with Gasteiger partial charge in [-0.15, -0.1) is 23.2 Å². The molecular formula is C25H44Cl2N2O10. The van der Waals surface area contributed by atoms with Crippen molar-refractivity contribution in [2.75, 3.05) is 59.0 Å². The van der Waals surface area contributed by atoms with Gasteiger partial charge in [0, 0.05) is 53.8 Å². The van der Waals surface area contributed by atoms with Crippen molar-refractivity contribution in [2.24, 2.45) is 5.92 Å². The molecule has 0 aliphatic rings. The Labute approximate surface area is 241 Å². The van der Waals surface area contributed by atoms with Crippen molar-refractivity contribution >= 4 is 47.1 Å². The van der Waals surface area contributed by atoms with E-state index in [-0.39, 0.29) is 13.2 Å². The summed E-state index contributed by atoms with van der Waals surface area (Å²) in [5.74, 6) is -3.26. The summed E-state index contributed by atoms with van der Waals surface area (Å²) in [5.41, 5.74) is 0. The van der Waals surface area contributed by atoms with Gasteiger partial charge in [-0.25, -0.2) is 0 Å². The number of methoxy groups -OCH3 is 1. The zero-order valence-electron chi connectivity index (χ0n) is 24.0.